The maximum Gasteiger partial charge on any atom is 0.333 e. The van der Waals surface area contributed by atoms with E-state index in [1.54, 1.807) is 0 Å². The van der Waals surface area contributed by atoms with Crippen molar-refractivity contribution in [3.63, 3.8) is 0 Å². The molecular formula is C25H24O12. The molecule has 0 N–H and O–H groups in total. The van der Waals surface area contributed by atoms with Gasteiger partial charge in [0.15, 0.2) is 28.8 Å². The third-order valence-corrected chi connectivity index (χ3v) is 6.30. The molecule has 2 aromatic rings. The van der Waals surface area contributed by atoms with Gasteiger partial charge in [0, 0.05) is 11.1 Å². The molecule has 0 aromatic heterocycles. The smallest absolute Gasteiger partial charge is 0.333 e. The van der Waals surface area contributed by atoms with Gasteiger partial charge >= 0.3 is 17.9 Å². The highest BCUT2D eigenvalue weighted by Crippen LogP contribution is 2.53. The van der Waals surface area contributed by atoms with E-state index in [1.807, 2.05) is 0 Å². The monoisotopic (exact) mass is 516 g/mol. The molecule has 0 bridgehead atoms. The molecule has 2 heterocycles. The van der Waals surface area contributed by atoms with E-state index in [1.165, 1.54) is 51.7 Å². The van der Waals surface area contributed by atoms with E-state index in [4.69, 9.17) is 37.9 Å². The van der Waals surface area contributed by atoms with Crippen LogP contribution in [0.5, 0.6) is 28.7 Å². The first-order chi connectivity index (χ1) is 17.8. The molecule has 2 unspecified atom stereocenters. The van der Waals surface area contributed by atoms with Crippen molar-refractivity contribution in [1.29, 1.82) is 0 Å². The van der Waals surface area contributed by atoms with Gasteiger partial charge in [-0.2, -0.15) is 0 Å². The van der Waals surface area contributed by atoms with E-state index < -0.39 is 41.1 Å². The number of carbonyl (C=O) groups excluding carboxylic acids is 4. The first kappa shape index (κ1) is 25.6. The fraction of sp³-hybridized carbons (Fsp3) is 0.360. The number of ketones is 1. The predicted octanol–water partition coefficient (Wildman–Crippen LogP) is 1.87. The van der Waals surface area contributed by atoms with E-state index in [0.717, 1.165) is 14.2 Å². The molecule has 196 valence electrons. The Bertz CT molecular complexity index is 1240. The number of esters is 3. The maximum atomic E-state index is 14.0. The molecular weight excluding hydrogens is 492 g/mol. The lowest BCUT2D eigenvalue weighted by atomic mass is 9.68. The van der Waals surface area contributed by atoms with Gasteiger partial charge in [-0.15, -0.1) is 0 Å². The number of rotatable bonds is 8. The summed E-state index contributed by atoms with van der Waals surface area (Å²) >= 11 is 0. The third-order valence-electron chi connectivity index (χ3n) is 6.30. The van der Waals surface area contributed by atoms with Crippen molar-refractivity contribution < 1.29 is 57.1 Å². The van der Waals surface area contributed by atoms with Gasteiger partial charge in [-0.25, -0.2) is 0 Å². The van der Waals surface area contributed by atoms with E-state index in [-0.39, 0.29) is 40.9 Å². The summed E-state index contributed by atoms with van der Waals surface area (Å²) in [6.07, 6.45) is -1.45. The lowest BCUT2D eigenvalue weighted by Gasteiger charge is -2.27. The Balaban J connectivity index is 1.92. The zero-order chi connectivity index (χ0) is 26.9. The van der Waals surface area contributed by atoms with E-state index in [9.17, 15) is 19.2 Å². The van der Waals surface area contributed by atoms with Crippen LogP contribution in [0.2, 0.25) is 0 Å². The number of ether oxygens (including phenoxy) is 8. The van der Waals surface area contributed by atoms with Crippen LogP contribution in [0.25, 0.3) is 0 Å². The standard InChI is InChI=1S/C25H24O12/c1-30-16-9-13(10-17(31-2)20(16)32-3)19-18(22(27)33-4)25(23(28)34-5,24(29)37-19)21(26)12-6-7-14-15(8-12)36-11-35-14/h6-10,18-19H,11H2,1-5H3/t18?,19-,25?/m0/s1. The molecule has 0 amide bonds. The minimum Gasteiger partial charge on any atom is -0.493 e. The van der Waals surface area contributed by atoms with Crippen LogP contribution in [0.4, 0.5) is 0 Å². The molecule has 2 aromatic carbocycles. The van der Waals surface area contributed by atoms with Crippen molar-refractivity contribution in [3.05, 3.63) is 41.5 Å². The molecule has 1 fully saturated rings. The Labute approximate surface area is 211 Å². The van der Waals surface area contributed by atoms with Crippen LogP contribution in [0.1, 0.15) is 22.0 Å². The normalized spacial score (nSPS) is 21.6. The lowest BCUT2D eigenvalue weighted by Crippen LogP contribution is -2.52. The summed E-state index contributed by atoms with van der Waals surface area (Å²) in [5.74, 6) is -5.20. The molecule has 1 saturated heterocycles. The zero-order valence-electron chi connectivity index (χ0n) is 20.6. The second-order valence-corrected chi connectivity index (χ2v) is 7.98. The van der Waals surface area contributed by atoms with E-state index >= 15 is 0 Å². The van der Waals surface area contributed by atoms with E-state index in [2.05, 4.69) is 0 Å². The number of hydrogen-bond donors (Lipinski definition) is 0. The highest BCUT2D eigenvalue weighted by Gasteiger charge is 2.71. The molecule has 4 rings (SSSR count). The largest absolute Gasteiger partial charge is 0.493 e. The third kappa shape index (κ3) is 3.85. The molecule has 2 aliphatic rings. The molecule has 12 heteroatoms. The first-order valence-electron chi connectivity index (χ1n) is 10.9. The molecule has 0 spiro atoms. The highest BCUT2D eigenvalue weighted by molar-refractivity contribution is 6.28. The summed E-state index contributed by atoms with van der Waals surface area (Å²) in [5.41, 5.74) is -2.64. The van der Waals surface area contributed by atoms with Gasteiger partial charge in [0.05, 0.1) is 35.5 Å². The fourth-order valence-electron chi connectivity index (χ4n) is 4.55. The average Bonchev–Trinajstić information content (AvgIpc) is 3.52. The quantitative estimate of drug-likeness (QED) is 0.219. The van der Waals surface area contributed by atoms with Crippen LogP contribution in [-0.2, 0) is 28.6 Å². The Hall–Kier alpha value is -4.48. The van der Waals surface area contributed by atoms with Crippen molar-refractivity contribution in [2.75, 3.05) is 42.3 Å². The number of fused-ring (bicyclic) bond motifs is 1. The minimum absolute atomic E-state index is 0.0643. The predicted molar refractivity (Wildman–Crippen MR) is 122 cm³/mol. The lowest BCUT2D eigenvalue weighted by molar-refractivity contribution is -0.165. The SMILES string of the molecule is COC(=O)C1[C@H](c2cc(OC)c(OC)c(OC)c2)OC(=O)C1(C(=O)OC)C(=O)c1ccc2c(c1)OCO2. The van der Waals surface area contributed by atoms with Crippen molar-refractivity contribution >= 4 is 23.7 Å². The summed E-state index contributed by atoms with van der Waals surface area (Å²) in [6, 6.07) is 6.98. The van der Waals surface area contributed by atoms with Crippen molar-refractivity contribution in [2.45, 2.75) is 6.10 Å². The van der Waals surface area contributed by atoms with Crippen molar-refractivity contribution in [1.82, 2.24) is 0 Å². The number of benzene rings is 2. The maximum absolute atomic E-state index is 14.0. The molecule has 0 radical (unpaired) electrons. The Morgan fingerprint density at radius 1 is 0.865 bits per heavy atom. The van der Waals surface area contributed by atoms with Crippen molar-refractivity contribution in [2.24, 2.45) is 11.3 Å². The second-order valence-electron chi connectivity index (χ2n) is 7.98. The summed E-state index contributed by atoms with van der Waals surface area (Å²) in [7, 11) is 6.21. The van der Waals surface area contributed by atoms with Crippen molar-refractivity contribution in [3.8, 4) is 28.7 Å². The highest BCUT2D eigenvalue weighted by atomic mass is 16.7. The van der Waals surface area contributed by atoms with Gasteiger partial charge in [0.25, 0.3) is 0 Å². The Morgan fingerprint density at radius 2 is 1.51 bits per heavy atom. The Morgan fingerprint density at radius 3 is 2.08 bits per heavy atom. The number of methoxy groups -OCH3 is 5. The Kier molecular flexibility index (Phi) is 6.84. The first-order valence-corrected chi connectivity index (χ1v) is 10.9. The molecule has 0 aliphatic carbocycles. The number of carbonyl (C=O) groups is 4. The van der Waals surface area contributed by atoms with E-state index in [0.29, 0.717) is 5.75 Å². The van der Waals surface area contributed by atoms with Crippen LogP contribution in [0, 0.1) is 11.3 Å². The number of Topliss-reactive ketones (excluding diaryl/α,β-unsaturated/α-hetero) is 1. The molecule has 2 aliphatic heterocycles. The molecule has 12 nitrogen and oxygen atoms in total. The average molecular weight is 516 g/mol. The van der Waals surface area contributed by atoms with Crippen LogP contribution in [-0.4, -0.2) is 66.0 Å². The summed E-state index contributed by atoms with van der Waals surface area (Å²) < 4.78 is 42.0. The van der Waals surface area contributed by atoms with Crippen LogP contribution in [0.3, 0.4) is 0 Å². The number of cyclic esters (lactones) is 1. The van der Waals surface area contributed by atoms with Gasteiger partial charge in [-0.1, -0.05) is 0 Å². The zero-order valence-corrected chi connectivity index (χ0v) is 20.6. The summed E-state index contributed by atoms with van der Waals surface area (Å²) in [5, 5.41) is 0. The minimum atomic E-state index is -2.72. The number of hydrogen-bond acceptors (Lipinski definition) is 12. The van der Waals surface area contributed by atoms with Gasteiger partial charge in [0.1, 0.15) is 12.0 Å². The molecule has 0 saturated carbocycles. The van der Waals surface area contributed by atoms with Gasteiger partial charge in [-0.05, 0) is 30.3 Å². The second kappa shape index (κ2) is 9.88. The molecule has 37 heavy (non-hydrogen) atoms. The van der Waals surface area contributed by atoms with Crippen LogP contribution >= 0.6 is 0 Å². The topological polar surface area (TPSA) is 142 Å². The van der Waals surface area contributed by atoms with Gasteiger partial charge < -0.3 is 37.9 Å². The fourth-order valence-corrected chi connectivity index (χ4v) is 4.55. The summed E-state index contributed by atoms with van der Waals surface area (Å²) in [6.45, 7) is -0.0643. The van der Waals surface area contributed by atoms with Gasteiger partial charge in [0.2, 0.25) is 18.0 Å². The molecule has 3 atom stereocenters. The van der Waals surface area contributed by atoms with Crippen LogP contribution < -0.4 is 23.7 Å². The van der Waals surface area contributed by atoms with Gasteiger partial charge in [-0.3, -0.25) is 19.2 Å². The summed E-state index contributed by atoms with van der Waals surface area (Å²) in [4.78, 5) is 53.9. The van der Waals surface area contributed by atoms with Crippen LogP contribution in [0.15, 0.2) is 30.3 Å².